The van der Waals surface area contributed by atoms with E-state index in [1.807, 2.05) is 38.1 Å². The smallest absolute Gasteiger partial charge is 0.344 e. The zero-order valence-corrected chi connectivity index (χ0v) is 66.7. The Bertz CT molecular complexity index is 4400. The van der Waals surface area contributed by atoms with Gasteiger partial charge in [-0.15, -0.1) is 0 Å². The summed E-state index contributed by atoms with van der Waals surface area (Å²) < 4.78 is 92.2. The molecule has 7 aromatic rings. The molecule has 27 nitrogen and oxygen atoms in total. The molecular formula is C86H103N3O24. The van der Waals surface area contributed by atoms with Crippen molar-refractivity contribution < 1.29 is 109 Å². The van der Waals surface area contributed by atoms with Crippen LogP contribution in [0.2, 0.25) is 0 Å². The predicted molar refractivity (Wildman–Crippen MR) is 416 cm³/mol. The Labute approximate surface area is 659 Å². The van der Waals surface area contributed by atoms with E-state index >= 15 is 0 Å². The third-order valence-corrected chi connectivity index (χ3v) is 20.5. The average molecular weight is 1560 g/mol. The van der Waals surface area contributed by atoms with Crippen LogP contribution in [0.5, 0.6) is 69.0 Å². The molecule has 0 aromatic heterocycles. The number of nitrogens with zero attached hydrogens (tertiary/aromatic N) is 3. The van der Waals surface area contributed by atoms with Crippen molar-refractivity contribution in [3.63, 3.8) is 0 Å². The van der Waals surface area contributed by atoms with E-state index in [1.165, 1.54) is 74.9 Å². The van der Waals surface area contributed by atoms with Gasteiger partial charge >= 0.3 is 23.9 Å². The number of amides is 2. The first-order valence-corrected chi connectivity index (χ1v) is 37.8. The fourth-order valence-electron chi connectivity index (χ4n) is 14.5. The number of carbonyl (C=O) groups is 6. The Morgan fingerprint density at radius 3 is 1.19 bits per heavy atom. The third-order valence-electron chi connectivity index (χ3n) is 20.5. The van der Waals surface area contributed by atoms with Gasteiger partial charge in [-0.05, 0) is 209 Å². The number of hydrogen-bond acceptors (Lipinski definition) is 24. The van der Waals surface area contributed by atoms with Crippen LogP contribution in [-0.4, -0.2) is 160 Å². The van der Waals surface area contributed by atoms with Gasteiger partial charge in [-0.25, -0.2) is 19.2 Å². The molecule has 606 valence electrons. The van der Waals surface area contributed by atoms with Crippen LogP contribution in [0.4, 0.5) is 5.69 Å². The number of nitro groups is 1. The minimum Gasteiger partial charge on any atom is -0.493 e. The standard InChI is InChI=1S/C86H103N3O24/c1-15-63(59-46-75(102-9)81(106-13)76(47-59)103-10)83(92)87-39-19-17-27-66(87)85(94)112-69(35-29-54-31-37-71(98-5)73(41-54)100-7)57-23-21-25-61(43-57)108-50-79(90)110-52(3)56-33-34-65(68(45-56)89(96)97)53(4)111-80(91)51-109-62-26-22-24-58(44-62)70(36-30-55-32-38-72(99-6)74(42-55)101-8)113-86(95)67-28-18-20-40-88(67)84(93)64(16-2)60-48-77(104-11)82(107-14)78(49-60)105-12/h21-26,31-34,37-38,41-49,52-53,63-64,66-67,69-70H,15-20,27-30,35-36,39-40,50-51H2,1-14H3/t52?,53?,63-,64-,66-,67-,69+,70+/m0/s1. The molecule has 7 aromatic carbocycles. The summed E-state index contributed by atoms with van der Waals surface area (Å²) in [6, 6.07) is 33.9. The number of piperidine rings is 2. The highest BCUT2D eigenvalue weighted by Crippen LogP contribution is 2.45. The first kappa shape index (κ1) is 85.4. The molecule has 2 fully saturated rings. The summed E-state index contributed by atoms with van der Waals surface area (Å²) in [5.41, 5.74) is 3.98. The van der Waals surface area contributed by atoms with Crippen LogP contribution in [0.3, 0.4) is 0 Å². The minimum absolute atomic E-state index is 0.0505. The first-order chi connectivity index (χ1) is 54.6. The number of nitro benzene ring substituents is 1. The van der Waals surface area contributed by atoms with E-state index in [0.717, 1.165) is 11.1 Å². The molecule has 8 atom stereocenters. The maximum absolute atomic E-state index is 14.7. The van der Waals surface area contributed by atoms with Gasteiger partial charge in [0.2, 0.25) is 23.3 Å². The predicted octanol–water partition coefficient (Wildman–Crippen LogP) is 14.6. The summed E-state index contributed by atoms with van der Waals surface area (Å²) in [5, 5.41) is 12.7. The van der Waals surface area contributed by atoms with Crippen LogP contribution in [0.1, 0.15) is 173 Å². The van der Waals surface area contributed by atoms with Crippen LogP contribution in [0, 0.1) is 10.1 Å². The van der Waals surface area contributed by atoms with Crippen molar-refractivity contribution in [2.45, 2.75) is 153 Å². The molecule has 2 aliphatic heterocycles. The van der Waals surface area contributed by atoms with Crippen molar-refractivity contribution in [3.8, 4) is 69.0 Å². The molecule has 0 aliphatic carbocycles. The van der Waals surface area contributed by atoms with Crippen molar-refractivity contribution in [2.75, 3.05) is 97.4 Å². The number of hydrogen-bond donors (Lipinski definition) is 0. The topological polar surface area (TPSA) is 300 Å². The lowest BCUT2D eigenvalue weighted by atomic mass is 9.91. The molecule has 2 amide bonds. The molecule has 2 aliphatic rings. The minimum atomic E-state index is -1.16. The molecule has 113 heavy (non-hydrogen) atoms. The van der Waals surface area contributed by atoms with Gasteiger partial charge in [-0.2, -0.15) is 0 Å². The third kappa shape index (κ3) is 21.3. The van der Waals surface area contributed by atoms with Gasteiger partial charge in [-0.1, -0.05) is 56.3 Å². The number of esters is 4. The largest absolute Gasteiger partial charge is 0.493 e. The number of rotatable bonds is 39. The number of aryl methyl sites for hydroxylation is 2. The second-order valence-corrected chi connectivity index (χ2v) is 27.3. The molecule has 2 saturated heterocycles. The Morgan fingerprint density at radius 2 is 0.823 bits per heavy atom. The fraction of sp³-hybridized carbons (Fsp3) is 0.442. The Kier molecular flexibility index (Phi) is 31.0. The van der Waals surface area contributed by atoms with E-state index in [1.54, 1.807) is 123 Å². The lowest BCUT2D eigenvalue weighted by Crippen LogP contribution is -2.50. The van der Waals surface area contributed by atoms with Crippen LogP contribution in [0.25, 0.3) is 0 Å². The molecule has 27 heteroatoms. The van der Waals surface area contributed by atoms with Gasteiger partial charge in [0, 0.05) is 19.2 Å². The molecule has 9 rings (SSSR count). The van der Waals surface area contributed by atoms with Crippen molar-refractivity contribution >= 4 is 41.4 Å². The highest BCUT2D eigenvalue weighted by atomic mass is 16.6. The van der Waals surface area contributed by atoms with Gasteiger partial charge < -0.3 is 85.6 Å². The summed E-state index contributed by atoms with van der Waals surface area (Å²) >= 11 is 0. The molecule has 0 bridgehead atoms. The number of likely N-dealkylation sites (tertiary alicyclic amines) is 2. The van der Waals surface area contributed by atoms with Crippen LogP contribution < -0.4 is 56.8 Å². The van der Waals surface area contributed by atoms with E-state index in [-0.39, 0.29) is 47.3 Å². The van der Waals surface area contributed by atoms with Crippen LogP contribution >= 0.6 is 0 Å². The first-order valence-electron chi connectivity index (χ1n) is 37.8. The average Bonchev–Trinajstić information content (AvgIpc) is 0.790. The summed E-state index contributed by atoms with van der Waals surface area (Å²) in [7, 11) is 15.2. The lowest BCUT2D eigenvalue weighted by Gasteiger charge is -2.37. The van der Waals surface area contributed by atoms with E-state index in [9.17, 15) is 38.9 Å². The number of benzene rings is 7. The maximum atomic E-state index is 14.7. The van der Waals surface area contributed by atoms with E-state index < -0.39 is 96.0 Å². The summed E-state index contributed by atoms with van der Waals surface area (Å²) in [4.78, 5) is 101. The van der Waals surface area contributed by atoms with E-state index in [4.69, 9.17) is 75.8 Å². The Balaban J connectivity index is 0.845. The van der Waals surface area contributed by atoms with Gasteiger partial charge in [0.05, 0.1) is 93.4 Å². The zero-order chi connectivity index (χ0) is 81.4. The van der Waals surface area contributed by atoms with Crippen molar-refractivity contribution in [1.29, 1.82) is 0 Å². The molecule has 2 heterocycles. The summed E-state index contributed by atoms with van der Waals surface area (Å²) in [6.07, 6.45) is 1.77. The quantitative estimate of drug-likeness (QED) is 0.0150. The highest BCUT2D eigenvalue weighted by molar-refractivity contribution is 5.90. The number of methoxy groups -OCH3 is 10. The summed E-state index contributed by atoms with van der Waals surface area (Å²) in [5.74, 6) is 0.268. The molecule has 0 radical (unpaired) electrons. The van der Waals surface area contributed by atoms with Gasteiger partial charge in [0.25, 0.3) is 5.69 Å². The van der Waals surface area contributed by atoms with Gasteiger partial charge in [-0.3, -0.25) is 19.7 Å². The van der Waals surface area contributed by atoms with E-state index in [0.29, 0.717) is 157 Å². The SMILES string of the molecule is CC[C@H](C(=O)N1CCCC[C@H]1C(=O)O[C@H](CCc1ccc(OC)c(OC)c1)c1cccc(OCC(=O)OC(C)c2ccc(C(C)OC(=O)COc3cccc([C@@H](CCc4ccc(OC)c(OC)c4)OC(=O)[C@@H]4CCCCN4C(=O)[C@@H](CC)c4cc(OC)c(OC)c(OC)c4)c3)c([N+](=O)[O-])c2)c1)c1cc(OC)c(OC)c(OC)c1. The molecule has 2 unspecified atom stereocenters. The molecule has 0 saturated carbocycles. The van der Waals surface area contributed by atoms with Crippen LogP contribution in [0.15, 0.2) is 127 Å². The summed E-state index contributed by atoms with van der Waals surface area (Å²) in [6.45, 7) is 6.29. The monoisotopic (exact) mass is 1560 g/mol. The Morgan fingerprint density at radius 1 is 0.425 bits per heavy atom. The number of carbonyl (C=O) groups excluding carboxylic acids is 6. The van der Waals surface area contributed by atoms with Crippen molar-refractivity contribution in [2.24, 2.45) is 0 Å². The molecular weight excluding hydrogens is 1460 g/mol. The maximum Gasteiger partial charge on any atom is 0.344 e. The zero-order valence-electron chi connectivity index (χ0n) is 66.7. The second kappa shape index (κ2) is 41.0. The van der Waals surface area contributed by atoms with E-state index in [2.05, 4.69) is 0 Å². The number of ether oxygens (including phenoxy) is 16. The van der Waals surface area contributed by atoms with Crippen molar-refractivity contribution in [3.05, 3.63) is 182 Å². The normalized spacial score (nSPS) is 15.6. The Hall–Kier alpha value is -11.6. The highest BCUT2D eigenvalue weighted by Gasteiger charge is 2.41. The van der Waals surface area contributed by atoms with Gasteiger partial charge in [0.1, 0.15) is 48.0 Å². The molecule has 0 spiro atoms. The van der Waals surface area contributed by atoms with Gasteiger partial charge in [0.15, 0.2) is 59.2 Å². The molecule has 0 N–H and O–H groups in total. The second-order valence-electron chi connectivity index (χ2n) is 27.3. The van der Waals surface area contributed by atoms with Crippen LogP contribution in [-0.2, 0) is 60.6 Å². The fourth-order valence-corrected chi connectivity index (χ4v) is 14.5. The lowest BCUT2D eigenvalue weighted by molar-refractivity contribution is -0.386. The van der Waals surface area contributed by atoms with Crippen molar-refractivity contribution in [1.82, 2.24) is 9.80 Å².